The summed E-state index contributed by atoms with van der Waals surface area (Å²) < 4.78 is 7.54. The van der Waals surface area contributed by atoms with Crippen molar-refractivity contribution in [2.75, 3.05) is 33.3 Å². The lowest BCUT2D eigenvalue weighted by Gasteiger charge is -2.43. The lowest BCUT2D eigenvalue weighted by atomic mass is 9.93. The predicted octanol–water partition coefficient (Wildman–Crippen LogP) is 4.26. The van der Waals surface area contributed by atoms with E-state index in [2.05, 4.69) is 54.3 Å². The maximum atomic E-state index is 5.41. The van der Waals surface area contributed by atoms with E-state index < -0.39 is 0 Å². The molecular weight excluding hydrogens is 424 g/mol. The smallest absolute Gasteiger partial charge is 0.173 e. The number of benzene rings is 1. The van der Waals surface area contributed by atoms with E-state index in [9.17, 15) is 0 Å². The van der Waals surface area contributed by atoms with Crippen molar-refractivity contribution in [3.63, 3.8) is 0 Å². The summed E-state index contributed by atoms with van der Waals surface area (Å²) in [5.41, 5.74) is 1.25. The van der Waals surface area contributed by atoms with Gasteiger partial charge in [-0.3, -0.25) is 9.80 Å². The van der Waals surface area contributed by atoms with Crippen molar-refractivity contribution < 1.29 is 4.74 Å². The average molecular weight is 461 g/mol. The zero-order chi connectivity index (χ0) is 21.0. The fourth-order valence-electron chi connectivity index (χ4n) is 5.91. The van der Waals surface area contributed by atoms with Crippen molar-refractivity contribution in [1.82, 2.24) is 30.0 Å². The molecule has 3 aliphatic rings. The SMILES string of the molecule is COc1ccc(C(c2nnnn2C2CCCC2)N2CCN(C3CCCCC3)CC2)cc1.Cl. The fourth-order valence-corrected chi connectivity index (χ4v) is 5.91. The number of piperazine rings is 1. The number of methoxy groups -OCH3 is 1. The minimum absolute atomic E-state index is 0. The normalized spacial score (nSPS) is 22.5. The van der Waals surface area contributed by atoms with Gasteiger partial charge in [-0.2, -0.15) is 0 Å². The molecule has 2 aromatic rings. The van der Waals surface area contributed by atoms with Gasteiger partial charge >= 0.3 is 0 Å². The van der Waals surface area contributed by atoms with Crippen molar-refractivity contribution in [3.05, 3.63) is 35.7 Å². The van der Waals surface area contributed by atoms with E-state index in [1.165, 1.54) is 63.4 Å². The Kier molecular flexibility index (Phi) is 8.02. The summed E-state index contributed by atoms with van der Waals surface area (Å²) in [5.74, 6) is 1.89. The topological polar surface area (TPSA) is 59.3 Å². The molecule has 0 bridgehead atoms. The van der Waals surface area contributed by atoms with Gasteiger partial charge in [0.15, 0.2) is 5.82 Å². The Labute approximate surface area is 197 Å². The van der Waals surface area contributed by atoms with Gasteiger partial charge in [0, 0.05) is 32.2 Å². The van der Waals surface area contributed by atoms with E-state index in [0.29, 0.717) is 6.04 Å². The Hall–Kier alpha value is -1.70. The standard InChI is InChI=1S/C24H36N6O.ClH/c1-31-22-13-11-19(12-14-22)23(24-25-26-27-30(24)21-9-5-6-10-21)29-17-15-28(16-18-29)20-7-3-2-4-8-20;/h11-14,20-21,23H,2-10,15-18H2,1H3;1H. The largest absolute Gasteiger partial charge is 0.497 e. The number of hydrogen-bond acceptors (Lipinski definition) is 6. The molecule has 176 valence electrons. The van der Waals surface area contributed by atoms with E-state index >= 15 is 0 Å². The van der Waals surface area contributed by atoms with Crippen molar-refractivity contribution in [3.8, 4) is 5.75 Å². The van der Waals surface area contributed by atoms with E-state index in [1.807, 2.05) is 0 Å². The van der Waals surface area contributed by atoms with Crippen LogP contribution in [0.15, 0.2) is 24.3 Å². The highest BCUT2D eigenvalue weighted by molar-refractivity contribution is 5.85. The van der Waals surface area contributed by atoms with Gasteiger partial charge in [0.05, 0.1) is 19.2 Å². The Morgan fingerprint density at radius 2 is 1.47 bits per heavy atom. The van der Waals surface area contributed by atoms with Gasteiger partial charge in [-0.15, -0.1) is 17.5 Å². The lowest BCUT2D eigenvalue weighted by molar-refractivity contribution is 0.0615. The van der Waals surface area contributed by atoms with Crippen LogP contribution in [0.3, 0.4) is 0 Å². The van der Waals surface area contributed by atoms with Crippen LogP contribution < -0.4 is 4.74 Å². The molecule has 32 heavy (non-hydrogen) atoms. The van der Waals surface area contributed by atoms with Gasteiger partial charge in [0.2, 0.25) is 0 Å². The minimum atomic E-state index is 0. The Morgan fingerprint density at radius 3 is 2.12 bits per heavy atom. The molecule has 1 saturated heterocycles. The highest BCUT2D eigenvalue weighted by atomic mass is 35.5. The van der Waals surface area contributed by atoms with Crippen LogP contribution in [-0.2, 0) is 0 Å². The quantitative estimate of drug-likeness (QED) is 0.642. The number of aromatic nitrogens is 4. The molecule has 3 fully saturated rings. The molecule has 1 atom stereocenters. The summed E-state index contributed by atoms with van der Waals surface area (Å²) in [5, 5.41) is 13.2. The zero-order valence-corrected chi connectivity index (χ0v) is 20.1. The molecule has 1 aromatic heterocycles. The third-order valence-electron chi connectivity index (χ3n) is 7.67. The molecule has 7 nitrogen and oxygen atoms in total. The van der Waals surface area contributed by atoms with E-state index in [-0.39, 0.29) is 18.4 Å². The average Bonchev–Trinajstić information content (AvgIpc) is 3.53. The molecule has 5 rings (SSSR count). The number of halogens is 1. The van der Waals surface area contributed by atoms with Gasteiger partial charge < -0.3 is 4.74 Å². The molecular formula is C24H37ClN6O. The third-order valence-corrected chi connectivity index (χ3v) is 7.67. The summed E-state index contributed by atoms with van der Waals surface area (Å²) in [6.07, 6.45) is 11.9. The molecule has 1 aliphatic heterocycles. The molecule has 1 aromatic carbocycles. The van der Waals surface area contributed by atoms with E-state index in [4.69, 9.17) is 4.74 Å². The first-order chi connectivity index (χ1) is 15.3. The summed E-state index contributed by atoms with van der Waals surface area (Å²) >= 11 is 0. The maximum absolute atomic E-state index is 5.41. The first-order valence-corrected chi connectivity index (χ1v) is 12.2. The predicted molar refractivity (Wildman–Crippen MR) is 127 cm³/mol. The van der Waals surface area contributed by atoms with Crippen molar-refractivity contribution >= 4 is 12.4 Å². The van der Waals surface area contributed by atoms with Crippen LogP contribution in [0.25, 0.3) is 0 Å². The Morgan fingerprint density at radius 1 is 0.844 bits per heavy atom. The first kappa shape index (κ1) is 23.5. The summed E-state index contributed by atoms with van der Waals surface area (Å²) in [6, 6.07) is 9.81. The van der Waals surface area contributed by atoms with Crippen LogP contribution >= 0.6 is 12.4 Å². The molecule has 0 spiro atoms. The van der Waals surface area contributed by atoms with Gasteiger partial charge in [-0.1, -0.05) is 44.2 Å². The highest BCUT2D eigenvalue weighted by Crippen LogP contribution is 2.35. The third kappa shape index (κ3) is 4.95. The second-order valence-corrected chi connectivity index (χ2v) is 9.46. The Balaban J connectivity index is 0.00000245. The van der Waals surface area contributed by atoms with Crippen molar-refractivity contribution in [1.29, 1.82) is 0 Å². The van der Waals surface area contributed by atoms with Crippen LogP contribution in [0.5, 0.6) is 5.75 Å². The van der Waals surface area contributed by atoms with Crippen LogP contribution in [0.1, 0.15) is 81.3 Å². The highest BCUT2D eigenvalue weighted by Gasteiger charge is 2.34. The molecule has 0 N–H and O–H groups in total. The first-order valence-electron chi connectivity index (χ1n) is 12.2. The Bertz CT molecular complexity index is 823. The monoisotopic (exact) mass is 460 g/mol. The van der Waals surface area contributed by atoms with Crippen molar-refractivity contribution in [2.45, 2.75) is 75.9 Å². The number of hydrogen-bond donors (Lipinski definition) is 0. The van der Waals surface area contributed by atoms with E-state index in [0.717, 1.165) is 43.8 Å². The number of rotatable bonds is 6. The lowest BCUT2D eigenvalue weighted by Crippen LogP contribution is -2.52. The number of nitrogens with zero attached hydrogens (tertiary/aromatic N) is 6. The zero-order valence-electron chi connectivity index (χ0n) is 19.2. The molecule has 2 saturated carbocycles. The second-order valence-electron chi connectivity index (χ2n) is 9.46. The van der Waals surface area contributed by atoms with E-state index in [1.54, 1.807) is 7.11 Å². The molecule has 2 heterocycles. The molecule has 8 heteroatoms. The van der Waals surface area contributed by atoms with Crippen LogP contribution in [-0.4, -0.2) is 69.3 Å². The fraction of sp³-hybridized carbons (Fsp3) is 0.708. The molecule has 1 unspecified atom stereocenters. The molecule has 0 radical (unpaired) electrons. The second kappa shape index (κ2) is 10.9. The van der Waals surface area contributed by atoms with Gasteiger partial charge in [0.25, 0.3) is 0 Å². The molecule has 2 aliphatic carbocycles. The maximum Gasteiger partial charge on any atom is 0.173 e. The molecule has 0 amide bonds. The summed E-state index contributed by atoms with van der Waals surface area (Å²) in [7, 11) is 1.72. The summed E-state index contributed by atoms with van der Waals surface area (Å²) in [6.45, 7) is 4.40. The van der Waals surface area contributed by atoms with Gasteiger partial charge in [0.1, 0.15) is 5.75 Å². The van der Waals surface area contributed by atoms with Crippen molar-refractivity contribution in [2.24, 2.45) is 0 Å². The summed E-state index contributed by atoms with van der Waals surface area (Å²) in [4.78, 5) is 5.33. The van der Waals surface area contributed by atoms with Crippen LogP contribution in [0, 0.1) is 0 Å². The van der Waals surface area contributed by atoms with Crippen LogP contribution in [0.4, 0.5) is 0 Å². The number of ether oxygens (including phenoxy) is 1. The number of tetrazole rings is 1. The van der Waals surface area contributed by atoms with Gasteiger partial charge in [-0.25, -0.2) is 4.68 Å². The minimum Gasteiger partial charge on any atom is -0.497 e. The van der Waals surface area contributed by atoms with Crippen LogP contribution in [0.2, 0.25) is 0 Å². The van der Waals surface area contributed by atoms with Gasteiger partial charge in [-0.05, 0) is 53.8 Å².